The summed E-state index contributed by atoms with van der Waals surface area (Å²) in [5, 5.41) is 0.513. The van der Waals surface area contributed by atoms with Crippen LogP contribution in [0.3, 0.4) is 0 Å². The van der Waals surface area contributed by atoms with Gasteiger partial charge in [-0.25, -0.2) is 17.5 Å². The number of halogens is 1. The summed E-state index contributed by atoms with van der Waals surface area (Å²) in [5.74, 6) is -1.12. The molecule has 1 amide bonds. The van der Waals surface area contributed by atoms with Crippen LogP contribution in [0.2, 0.25) is 0 Å². The Hall–Kier alpha value is -3.72. The molecule has 9 heteroatoms. The number of Topliss-reactive ketones (excluding diaryl/α,β-unsaturated/α-hetero) is 1. The second kappa shape index (κ2) is 8.67. The van der Waals surface area contributed by atoms with E-state index in [0.29, 0.717) is 22.2 Å². The van der Waals surface area contributed by atoms with Crippen LogP contribution in [0.5, 0.6) is 5.75 Å². The normalized spacial score (nSPS) is 13.8. The number of hydrogen-bond acceptors (Lipinski definition) is 5. The number of methoxy groups -OCH3 is 1. The van der Waals surface area contributed by atoms with E-state index in [9.17, 15) is 22.4 Å². The largest absolute Gasteiger partial charge is 0.497 e. The molecule has 170 valence electrons. The van der Waals surface area contributed by atoms with Crippen LogP contribution in [0.4, 0.5) is 4.39 Å². The van der Waals surface area contributed by atoms with Crippen molar-refractivity contribution < 1.29 is 27.1 Å². The van der Waals surface area contributed by atoms with Gasteiger partial charge in [-0.05, 0) is 24.3 Å². The molecule has 7 nitrogen and oxygen atoms in total. The number of nitrogens with one attached hydrogen (secondary N) is 1. The van der Waals surface area contributed by atoms with Crippen LogP contribution in [0, 0.1) is 5.82 Å². The van der Waals surface area contributed by atoms with Crippen LogP contribution in [-0.2, 0) is 21.4 Å². The predicted octanol–water partition coefficient (Wildman–Crippen LogP) is 3.44. The lowest BCUT2D eigenvalue weighted by atomic mass is 9.93. The Morgan fingerprint density at radius 2 is 1.97 bits per heavy atom. The van der Waals surface area contributed by atoms with Crippen molar-refractivity contribution in [3.63, 3.8) is 0 Å². The van der Waals surface area contributed by atoms with Gasteiger partial charge in [-0.15, -0.1) is 0 Å². The van der Waals surface area contributed by atoms with Crippen molar-refractivity contribution in [3.05, 3.63) is 83.3 Å². The molecule has 0 radical (unpaired) electrons. The zero-order valence-corrected chi connectivity index (χ0v) is 18.8. The van der Waals surface area contributed by atoms with Crippen molar-refractivity contribution in [1.29, 1.82) is 0 Å². The fourth-order valence-corrected chi connectivity index (χ4v) is 4.35. The molecule has 0 unspecified atom stereocenters. The highest BCUT2D eigenvalue weighted by Crippen LogP contribution is 2.37. The van der Waals surface area contributed by atoms with E-state index >= 15 is 0 Å². The number of rotatable bonds is 6. The summed E-state index contributed by atoms with van der Waals surface area (Å²) in [6.07, 6.45) is 6.00. The number of hydrogen-bond donors (Lipinski definition) is 1. The molecule has 3 aromatic rings. The van der Waals surface area contributed by atoms with Crippen LogP contribution in [0.1, 0.15) is 28.0 Å². The molecule has 1 N–H and O–H groups in total. The number of carbonyl (C=O) groups is 2. The molecule has 0 spiro atoms. The van der Waals surface area contributed by atoms with E-state index in [-0.39, 0.29) is 35.6 Å². The van der Waals surface area contributed by atoms with Crippen molar-refractivity contribution in [2.24, 2.45) is 0 Å². The fraction of sp³-hybridized carbons (Fsp3) is 0.167. The predicted molar refractivity (Wildman–Crippen MR) is 123 cm³/mol. The standard InChI is InChI=1S/C24H21FN2O5S/c1-32-16-11-12-20-18(13-16)22(17-8-4-6-10-21(17)28)23(24(29)26-33(2,30)31)27(20)14-15-7-3-5-9-19(15)25/h3-9,11-13H,10,14H2,1-2H3,(H,26,29). The third-order valence-corrected chi connectivity index (χ3v) is 5.88. The molecular formula is C24H21FN2O5S. The lowest BCUT2D eigenvalue weighted by Gasteiger charge is -2.14. The van der Waals surface area contributed by atoms with Gasteiger partial charge in [-0.1, -0.05) is 36.4 Å². The lowest BCUT2D eigenvalue weighted by molar-refractivity contribution is -0.113. The molecule has 1 aromatic heterocycles. The monoisotopic (exact) mass is 468 g/mol. The SMILES string of the molecule is COc1ccc2c(c1)c(C1=CC=CCC1=O)c(C(=O)NS(C)(=O)=O)n2Cc1ccccc1F. The summed E-state index contributed by atoms with van der Waals surface area (Å²) in [7, 11) is -2.42. The van der Waals surface area contributed by atoms with Crippen molar-refractivity contribution in [2.75, 3.05) is 13.4 Å². The number of nitrogens with zero attached hydrogens (tertiary/aromatic N) is 1. The molecule has 4 rings (SSSR count). The first-order valence-electron chi connectivity index (χ1n) is 10.1. The van der Waals surface area contributed by atoms with Crippen molar-refractivity contribution in [1.82, 2.24) is 9.29 Å². The quantitative estimate of drug-likeness (QED) is 0.598. The topological polar surface area (TPSA) is 94.5 Å². The van der Waals surface area contributed by atoms with Gasteiger partial charge in [0.2, 0.25) is 10.0 Å². The summed E-state index contributed by atoms with van der Waals surface area (Å²) in [6, 6.07) is 11.2. The maximum Gasteiger partial charge on any atom is 0.282 e. The first-order valence-corrected chi connectivity index (χ1v) is 11.9. The molecule has 0 saturated heterocycles. The summed E-state index contributed by atoms with van der Waals surface area (Å²) < 4.78 is 47.2. The first kappa shape index (κ1) is 22.5. The Labute approximate surface area is 190 Å². The highest BCUT2D eigenvalue weighted by atomic mass is 32.2. The molecule has 0 aliphatic heterocycles. The second-order valence-electron chi connectivity index (χ2n) is 7.62. The lowest BCUT2D eigenvalue weighted by Crippen LogP contribution is -2.32. The molecule has 2 aromatic carbocycles. The van der Waals surface area contributed by atoms with Gasteiger partial charge in [0, 0.05) is 34.0 Å². The molecule has 33 heavy (non-hydrogen) atoms. The minimum Gasteiger partial charge on any atom is -0.497 e. The van der Waals surface area contributed by atoms with Gasteiger partial charge < -0.3 is 9.30 Å². The summed E-state index contributed by atoms with van der Waals surface area (Å²) in [4.78, 5) is 26.1. The van der Waals surface area contributed by atoms with Crippen LogP contribution in [0.15, 0.2) is 60.7 Å². The highest BCUT2D eigenvalue weighted by molar-refractivity contribution is 7.89. The maximum absolute atomic E-state index is 14.5. The number of amides is 1. The Kier molecular flexibility index (Phi) is 5.90. The van der Waals surface area contributed by atoms with E-state index in [4.69, 9.17) is 4.74 Å². The average Bonchev–Trinajstić information content (AvgIpc) is 3.08. The molecule has 1 heterocycles. The Bertz CT molecular complexity index is 1450. The van der Waals surface area contributed by atoms with E-state index in [2.05, 4.69) is 0 Å². The number of fused-ring (bicyclic) bond motifs is 1. The molecule has 0 saturated carbocycles. The Balaban J connectivity index is 2.07. The van der Waals surface area contributed by atoms with Gasteiger partial charge in [-0.3, -0.25) is 9.59 Å². The minimum absolute atomic E-state index is 0.0539. The van der Waals surface area contributed by atoms with Crippen LogP contribution in [0.25, 0.3) is 16.5 Å². The summed E-state index contributed by atoms with van der Waals surface area (Å²) >= 11 is 0. The Morgan fingerprint density at radius 3 is 2.64 bits per heavy atom. The third-order valence-electron chi connectivity index (χ3n) is 5.32. The minimum atomic E-state index is -3.91. The number of carbonyl (C=O) groups excluding carboxylic acids is 2. The van der Waals surface area contributed by atoms with Gasteiger partial charge in [0.15, 0.2) is 5.78 Å². The molecule has 0 atom stereocenters. The summed E-state index contributed by atoms with van der Waals surface area (Å²) in [6.45, 7) is -0.0562. The van der Waals surface area contributed by atoms with E-state index in [0.717, 1.165) is 6.26 Å². The molecule has 1 aliphatic carbocycles. The molecular weight excluding hydrogens is 447 g/mol. The van der Waals surface area contributed by atoms with Gasteiger partial charge in [0.05, 0.1) is 19.9 Å². The van der Waals surface area contributed by atoms with Gasteiger partial charge in [0.1, 0.15) is 17.3 Å². The number of ether oxygens (including phenoxy) is 1. The van der Waals surface area contributed by atoms with E-state index in [1.54, 1.807) is 54.6 Å². The molecule has 0 fully saturated rings. The van der Waals surface area contributed by atoms with Crippen LogP contribution < -0.4 is 9.46 Å². The number of aromatic nitrogens is 1. The number of sulfonamides is 1. The van der Waals surface area contributed by atoms with Gasteiger partial charge in [0.25, 0.3) is 5.91 Å². The second-order valence-corrected chi connectivity index (χ2v) is 9.37. The first-order chi connectivity index (χ1) is 15.7. The Morgan fingerprint density at radius 1 is 1.21 bits per heavy atom. The van der Waals surface area contributed by atoms with Crippen LogP contribution in [-0.4, -0.2) is 38.0 Å². The van der Waals surface area contributed by atoms with E-state index in [1.807, 2.05) is 4.72 Å². The fourth-order valence-electron chi connectivity index (χ4n) is 3.91. The number of ketones is 1. The van der Waals surface area contributed by atoms with E-state index < -0.39 is 21.7 Å². The van der Waals surface area contributed by atoms with Crippen LogP contribution >= 0.6 is 0 Å². The molecule has 0 bridgehead atoms. The number of allylic oxidation sites excluding steroid dienone is 4. The van der Waals surface area contributed by atoms with Gasteiger partial charge in [-0.2, -0.15) is 0 Å². The molecule has 1 aliphatic rings. The summed E-state index contributed by atoms with van der Waals surface area (Å²) in [5.41, 5.74) is 1.31. The highest BCUT2D eigenvalue weighted by Gasteiger charge is 2.30. The van der Waals surface area contributed by atoms with Gasteiger partial charge >= 0.3 is 0 Å². The maximum atomic E-state index is 14.5. The third kappa shape index (κ3) is 4.45. The average molecular weight is 469 g/mol. The van der Waals surface area contributed by atoms with Crippen molar-refractivity contribution in [2.45, 2.75) is 13.0 Å². The zero-order valence-electron chi connectivity index (χ0n) is 18.0. The smallest absolute Gasteiger partial charge is 0.282 e. The number of benzene rings is 2. The van der Waals surface area contributed by atoms with Crippen molar-refractivity contribution in [3.8, 4) is 5.75 Å². The van der Waals surface area contributed by atoms with E-state index in [1.165, 1.54) is 17.7 Å². The van der Waals surface area contributed by atoms with Crippen molar-refractivity contribution >= 4 is 38.2 Å². The zero-order chi connectivity index (χ0) is 23.8.